The number of aromatic amines is 1. The maximum absolute atomic E-state index is 11.9. The fraction of sp³-hybridized carbons (Fsp3) is 0.750. The summed E-state index contributed by atoms with van der Waals surface area (Å²) < 4.78 is 0.243. The molecule has 0 aliphatic heterocycles. The van der Waals surface area contributed by atoms with Crippen LogP contribution in [0.1, 0.15) is 55.5 Å². The van der Waals surface area contributed by atoms with Crippen LogP contribution in [0.25, 0.3) is 0 Å². The Hall–Kier alpha value is -1.04. The number of aromatic nitrogens is 3. The van der Waals surface area contributed by atoms with Gasteiger partial charge in [-0.25, -0.2) is 4.98 Å². The standard InChI is InChI=1S/C12H20N4OS/c1-8(2)9-14-10(16-15-9)11(17)13-7-12(18-3)5-4-6-12/h8H,4-7H2,1-3H3,(H,13,17)(H,14,15,16). The van der Waals surface area contributed by atoms with Crippen LogP contribution in [0.5, 0.6) is 0 Å². The molecule has 0 aromatic carbocycles. The lowest BCUT2D eigenvalue weighted by atomic mass is 9.84. The van der Waals surface area contributed by atoms with E-state index in [0.717, 1.165) is 5.82 Å². The van der Waals surface area contributed by atoms with Gasteiger partial charge in [0.2, 0.25) is 5.82 Å². The van der Waals surface area contributed by atoms with E-state index in [-0.39, 0.29) is 22.4 Å². The molecule has 1 aliphatic rings. The van der Waals surface area contributed by atoms with Crippen molar-refractivity contribution in [2.24, 2.45) is 0 Å². The number of amides is 1. The fourth-order valence-electron chi connectivity index (χ4n) is 1.98. The maximum atomic E-state index is 11.9. The van der Waals surface area contributed by atoms with Crippen molar-refractivity contribution < 1.29 is 4.79 Å². The molecule has 6 heteroatoms. The molecule has 0 spiro atoms. The van der Waals surface area contributed by atoms with Crippen LogP contribution < -0.4 is 5.32 Å². The molecule has 0 atom stereocenters. The Morgan fingerprint density at radius 1 is 1.56 bits per heavy atom. The Labute approximate surface area is 112 Å². The molecule has 1 saturated carbocycles. The van der Waals surface area contributed by atoms with Gasteiger partial charge in [-0.1, -0.05) is 20.3 Å². The lowest BCUT2D eigenvalue weighted by Crippen LogP contribution is -2.45. The van der Waals surface area contributed by atoms with Crippen LogP contribution >= 0.6 is 11.8 Å². The quantitative estimate of drug-likeness (QED) is 0.856. The molecule has 18 heavy (non-hydrogen) atoms. The minimum atomic E-state index is -0.182. The molecule has 0 saturated heterocycles. The lowest BCUT2D eigenvalue weighted by Gasteiger charge is -2.40. The van der Waals surface area contributed by atoms with E-state index in [0.29, 0.717) is 6.54 Å². The van der Waals surface area contributed by atoms with E-state index in [9.17, 15) is 4.79 Å². The summed E-state index contributed by atoms with van der Waals surface area (Å²) in [5.74, 6) is 1.07. The lowest BCUT2D eigenvalue weighted by molar-refractivity contribution is 0.0934. The number of hydrogen-bond donors (Lipinski definition) is 2. The SMILES string of the molecule is CSC1(CNC(=O)c2n[nH]c(C(C)C)n2)CCC1. The predicted octanol–water partition coefficient (Wildman–Crippen LogP) is 1.94. The molecule has 0 bridgehead atoms. The first-order valence-corrected chi connectivity index (χ1v) is 7.54. The minimum absolute atomic E-state index is 0.182. The second-order valence-electron chi connectivity index (χ2n) is 5.12. The molecule has 1 aliphatic carbocycles. The van der Waals surface area contributed by atoms with E-state index >= 15 is 0 Å². The normalized spacial score (nSPS) is 17.6. The zero-order chi connectivity index (χ0) is 13.2. The third-order valence-corrected chi connectivity index (χ3v) is 4.94. The highest BCUT2D eigenvalue weighted by Gasteiger charge is 2.36. The van der Waals surface area contributed by atoms with Crippen LogP contribution in [-0.2, 0) is 0 Å². The van der Waals surface area contributed by atoms with Crippen molar-refractivity contribution in [1.29, 1.82) is 0 Å². The first kappa shape index (κ1) is 13.4. The Balaban J connectivity index is 1.91. The van der Waals surface area contributed by atoms with Crippen molar-refractivity contribution in [1.82, 2.24) is 20.5 Å². The molecule has 5 nitrogen and oxygen atoms in total. The summed E-state index contributed by atoms with van der Waals surface area (Å²) in [6.07, 6.45) is 5.73. The molecule has 100 valence electrons. The topological polar surface area (TPSA) is 70.7 Å². The molecule has 1 aromatic rings. The van der Waals surface area contributed by atoms with Crippen LogP contribution in [-0.4, -0.2) is 38.6 Å². The van der Waals surface area contributed by atoms with Gasteiger partial charge in [-0.15, -0.1) is 5.10 Å². The summed E-state index contributed by atoms with van der Waals surface area (Å²) in [4.78, 5) is 16.1. The summed E-state index contributed by atoms with van der Waals surface area (Å²) in [7, 11) is 0. The molecule has 1 heterocycles. The van der Waals surface area contributed by atoms with E-state index < -0.39 is 0 Å². The van der Waals surface area contributed by atoms with Gasteiger partial charge in [-0.2, -0.15) is 11.8 Å². The average Bonchev–Trinajstić information content (AvgIpc) is 2.77. The van der Waals surface area contributed by atoms with Crippen LogP contribution in [0.4, 0.5) is 0 Å². The van der Waals surface area contributed by atoms with Crippen molar-refractivity contribution in [3.63, 3.8) is 0 Å². The number of rotatable bonds is 5. The highest BCUT2D eigenvalue weighted by Crippen LogP contribution is 2.42. The third-order valence-electron chi connectivity index (χ3n) is 3.52. The van der Waals surface area contributed by atoms with Gasteiger partial charge >= 0.3 is 0 Å². The molecule has 1 fully saturated rings. The Morgan fingerprint density at radius 2 is 2.28 bits per heavy atom. The van der Waals surface area contributed by atoms with E-state index in [2.05, 4.69) is 26.8 Å². The first-order chi connectivity index (χ1) is 8.56. The number of nitrogens with one attached hydrogen (secondary N) is 2. The summed E-state index contributed by atoms with van der Waals surface area (Å²) >= 11 is 1.84. The highest BCUT2D eigenvalue weighted by molar-refractivity contribution is 8.00. The first-order valence-electron chi connectivity index (χ1n) is 6.32. The van der Waals surface area contributed by atoms with Gasteiger partial charge in [-0.3, -0.25) is 9.89 Å². The number of carbonyl (C=O) groups is 1. The summed E-state index contributed by atoms with van der Waals surface area (Å²) in [5, 5.41) is 9.69. The summed E-state index contributed by atoms with van der Waals surface area (Å²) in [6.45, 7) is 4.73. The van der Waals surface area contributed by atoms with E-state index in [1.807, 2.05) is 25.6 Å². The van der Waals surface area contributed by atoms with Crippen LogP contribution in [0, 0.1) is 0 Å². The van der Waals surface area contributed by atoms with Crippen molar-refractivity contribution in [3.8, 4) is 0 Å². The molecule has 2 rings (SSSR count). The van der Waals surface area contributed by atoms with E-state index in [1.165, 1.54) is 19.3 Å². The molecule has 0 unspecified atom stereocenters. The number of thioether (sulfide) groups is 1. The van der Waals surface area contributed by atoms with Crippen LogP contribution in [0.15, 0.2) is 0 Å². The number of hydrogen-bond acceptors (Lipinski definition) is 4. The zero-order valence-corrected chi connectivity index (χ0v) is 11.9. The van der Waals surface area contributed by atoms with E-state index in [1.54, 1.807) is 0 Å². The Bertz CT molecular complexity index is 420. The Kier molecular flexibility index (Phi) is 3.94. The number of H-pyrrole nitrogens is 1. The van der Waals surface area contributed by atoms with Crippen molar-refractivity contribution >= 4 is 17.7 Å². The van der Waals surface area contributed by atoms with Crippen LogP contribution in [0.2, 0.25) is 0 Å². The van der Waals surface area contributed by atoms with Gasteiger partial charge in [0.05, 0.1) is 0 Å². The summed E-state index contributed by atoms with van der Waals surface area (Å²) in [6, 6.07) is 0. The van der Waals surface area contributed by atoms with Gasteiger partial charge in [0.1, 0.15) is 5.82 Å². The largest absolute Gasteiger partial charge is 0.348 e. The predicted molar refractivity (Wildman–Crippen MR) is 72.9 cm³/mol. The van der Waals surface area contributed by atoms with E-state index in [4.69, 9.17) is 0 Å². The molecular formula is C12H20N4OS. The third kappa shape index (κ3) is 2.68. The van der Waals surface area contributed by atoms with Gasteiger partial charge in [0.25, 0.3) is 5.91 Å². The van der Waals surface area contributed by atoms with Crippen LogP contribution in [0.3, 0.4) is 0 Å². The summed E-state index contributed by atoms with van der Waals surface area (Å²) in [5.41, 5.74) is 0. The fourth-order valence-corrected chi connectivity index (χ4v) is 2.89. The molecule has 1 aromatic heterocycles. The smallest absolute Gasteiger partial charge is 0.291 e. The van der Waals surface area contributed by atoms with Gasteiger partial charge in [0, 0.05) is 17.2 Å². The second kappa shape index (κ2) is 5.30. The zero-order valence-electron chi connectivity index (χ0n) is 11.1. The highest BCUT2D eigenvalue weighted by atomic mass is 32.2. The Morgan fingerprint density at radius 3 is 2.72 bits per heavy atom. The van der Waals surface area contributed by atoms with Crippen molar-refractivity contribution in [3.05, 3.63) is 11.6 Å². The maximum Gasteiger partial charge on any atom is 0.291 e. The second-order valence-corrected chi connectivity index (χ2v) is 6.40. The number of nitrogens with zero attached hydrogens (tertiary/aromatic N) is 2. The van der Waals surface area contributed by atoms with Gasteiger partial charge < -0.3 is 5.32 Å². The molecule has 1 amide bonds. The van der Waals surface area contributed by atoms with Gasteiger partial charge in [-0.05, 0) is 19.1 Å². The molecule has 0 radical (unpaired) electrons. The number of carbonyl (C=O) groups excluding carboxylic acids is 1. The monoisotopic (exact) mass is 268 g/mol. The van der Waals surface area contributed by atoms with Gasteiger partial charge in [0.15, 0.2) is 0 Å². The minimum Gasteiger partial charge on any atom is -0.348 e. The molecular weight excluding hydrogens is 248 g/mol. The van der Waals surface area contributed by atoms with Crippen molar-refractivity contribution in [2.75, 3.05) is 12.8 Å². The van der Waals surface area contributed by atoms with Crippen molar-refractivity contribution in [2.45, 2.75) is 43.8 Å². The molecule has 2 N–H and O–H groups in total. The average molecular weight is 268 g/mol.